The van der Waals surface area contributed by atoms with Gasteiger partial charge in [0.15, 0.2) is 0 Å². The zero-order chi connectivity index (χ0) is 13.9. The number of hydrogen-bond acceptors (Lipinski definition) is 3. The van der Waals surface area contributed by atoms with Gasteiger partial charge in [-0.1, -0.05) is 13.8 Å². The molecule has 1 aliphatic heterocycles. The molecule has 1 heterocycles. The SMILES string of the molecule is CC1(C)CCN(c2cc(F)cc(CCN)c2)CCS1. The Kier molecular flexibility index (Phi) is 4.74. The first kappa shape index (κ1) is 14.7. The Morgan fingerprint density at radius 3 is 2.84 bits per heavy atom. The Morgan fingerprint density at radius 2 is 2.11 bits per heavy atom. The summed E-state index contributed by atoms with van der Waals surface area (Å²) in [5, 5.41) is 0. The average molecular weight is 282 g/mol. The monoisotopic (exact) mass is 282 g/mol. The van der Waals surface area contributed by atoms with Gasteiger partial charge in [0.2, 0.25) is 0 Å². The second kappa shape index (κ2) is 6.14. The van der Waals surface area contributed by atoms with E-state index in [1.165, 1.54) is 0 Å². The second-order valence-corrected chi connectivity index (χ2v) is 7.50. The average Bonchev–Trinajstić information content (AvgIpc) is 2.50. The summed E-state index contributed by atoms with van der Waals surface area (Å²) in [5.41, 5.74) is 7.56. The van der Waals surface area contributed by atoms with Gasteiger partial charge in [-0.05, 0) is 43.1 Å². The molecule has 2 N–H and O–H groups in total. The smallest absolute Gasteiger partial charge is 0.125 e. The molecule has 0 radical (unpaired) electrons. The fourth-order valence-corrected chi connectivity index (χ4v) is 3.51. The molecule has 2 rings (SSSR count). The summed E-state index contributed by atoms with van der Waals surface area (Å²) in [6.45, 7) is 7.11. The van der Waals surface area contributed by atoms with Crippen LogP contribution in [-0.4, -0.2) is 30.1 Å². The molecule has 0 atom stereocenters. The Morgan fingerprint density at radius 1 is 1.32 bits per heavy atom. The number of thioether (sulfide) groups is 1. The van der Waals surface area contributed by atoms with Gasteiger partial charge in [0, 0.05) is 29.3 Å². The fraction of sp³-hybridized carbons (Fsp3) is 0.600. The molecule has 0 saturated carbocycles. The quantitative estimate of drug-likeness (QED) is 0.924. The minimum Gasteiger partial charge on any atom is -0.371 e. The molecule has 0 amide bonds. The number of nitrogens with two attached hydrogens (primary N) is 1. The van der Waals surface area contributed by atoms with Crippen molar-refractivity contribution in [3.05, 3.63) is 29.6 Å². The van der Waals surface area contributed by atoms with Crippen LogP contribution in [0.2, 0.25) is 0 Å². The van der Waals surface area contributed by atoms with Gasteiger partial charge in [-0.2, -0.15) is 11.8 Å². The molecule has 1 fully saturated rings. The first-order chi connectivity index (χ1) is 9.00. The van der Waals surface area contributed by atoms with Crippen molar-refractivity contribution in [3.8, 4) is 0 Å². The molecule has 1 aromatic rings. The lowest BCUT2D eigenvalue weighted by Crippen LogP contribution is -2.27. The van der Waals surface area contributed by atoms with Crippen LogP contribution in [-0.2, 0) is 6.42 Å². The first-order valence-electron chi connectivity index (χ1n) is 6.89. The molecule has 0 aliphatic carbocycles. The predicted molar refractivity (Wildman–Crippen MR) is 82.5 cm³/mol. The summed E-state index contributed by atoms with van der Waals surface area (Å²) >= 11 is 2.00. The van der Waals surface area contributed by atoms with Crippen molar-refractivity contribution < 1.29 is 4.39 Å². The van der Waals surface area contributed by atoms with Gasteiger partial charge in [-0.3, -0.25) is 0 Å². The van der Waals surface area contributed by atoms with Crippen LogP contribution in [0, 0.1) is 5.82 Å². The van der Waals surface area contributed by atoms with Gasteiger partial charge in [0.1, 0.15) is 5.82 Å². The van der Waals surface area contributed by atoms with Crippen molar-refractivity contribution in [1.82, 2.24) is 0 Å². The van der Waals surface area contributed by atoms with E-state index in [9.17, 15) is 4.39 Å². The lowest BCUT2D eigenvalue weighted by atomic mass is 10.1. The molecular weight excluding hydrogens is 259 g/mol. The number of hydrogen-bond donors (Lipinski definition) is 1. The Hall–Kier alpha value is -0.740. The zero-order valence-electron chi connectivity index (χ0n) is 11.8. The van der Waals surface area contributed by atoms with E-state index in [1.807, 2.05) is 11.8 Å². The maximum atomic E-state index is 13.7. The summed E-state index contributed by atoms with van der Waals surface area (Å²) in [4.78, 5) is 2.30. The highest BCUT2D eigenvalue weighted by Gasteiger charge is 2.24. The van der Waals surface area contributed by atoms with Gasteiger partial charge >= 0.3 is 0 Å². The molecule has 0 aromatic heterocycles. The highest BCUT2D eigenvalue weighted by Crippen LogP contribution is 2.32. The van der Waals surface area contributed by atoms with E-state index in [0.717, 1.165) is 42.9 Å². The highest BCUT2D eigenvalue weighted by molar-refractivity contribution is 8.00. The van der Waals surface area contributed by atoms with Crippen molar-refractivity contribution in [2.24, 2.45) is 5.73 Å². The normalized spacial score (nSPS) is 19.3. The maximum absolute atomic E-state index is 13.7. The molecule has 1 saturated heterocycles. The van der Waals surface area contributed by atoms with E-state index in [0.29, 0.717) is 11.3 Å². The zero-order valence-corrected chi connectivity index (χ0v) is 12.6. The minimum absolute atomic E-state index is 0.155. The Bertz CT molecular complexity index is 434. The third-order valence-electron chi connectivity index (χ3n) is 3.58. The van der Waals surface area contributed by atoms with Gasteiger partial charge in [0.25, 0.3) is 0 Å². The van der Waals surface area contributed by atoms with Crippen LogP contribution in [0.5, 0.6) is 0 Å². The molecule has 0 unspecified atom stereocenters. The first-order valence-corrected chi connectivity index (χ1v) is 7.87. The Balaban J connectivity index is 2.16. The highest BCUT2D eigenvalue weighted by atomic mass is 32.2. The van der Waals surface area contributed by atoms with Crippen LogP contribution < -0.4 is 10.6 Å². The lowest BCUT2D eigenvalue weighted by Gasteiger charge is -2.24. The van der Waals surface area contributed by atoms with E-state index < -0.39 is 0 Å². The van der Waals surface area contributed by atoms with Crippen LogP contribution >= 0.6 is 11.8 Å². The number of anilines is 1. The topological polar surface area (TPSA) is 29.3 Å². The minimum atomic E-state index is -0.155. The van der Waals surface area contributed by atoms with E-state index in [2.05, 4.69) is 24.8 Å². The van der Waals surface area contributed by atoms with E-state index >= 15 is 0 Å². The summed E-state index contributed by atoms with van der Waals surface area (Å²) in [5.74, 6) is 0.938. The van der Waals surface area contributed by atoms with Crippen molar-refractivity contribution in [1.29, 1.82) is 0 Å². The Labute approximate surface area is 119 Å². The lowest BCUT2D eigenvalue weighted by molar-refractivity contribution is 0.618. The summed E-state index contributed by atoms with van der Waals surface area (Å²) in [6.07, 6.45) is 1.86. The molecule has 1 aromatic carbocycles. The molecular formula is C15H23FN2S. The molecule has 0 spiro atoms. The third-order valence-corrected chi connectivity index (χ3v) is 4.95. The second-order valence-electron chi connectivity index (χ2n) is 5.70. The maximum Gasteiger partial charge on any atom is 0.125 e. The van der Waals surface area contributed by atoms with E-state index in [-0.39, 0.29) is 5.82 Å². The number of halogens is 1. The summed E-state index contributed by atoms with van der Waals surface area (Å²) in [7, 11) is 0. The summed E-state index contributed by atoms with van der Waals surface area (Å²) < 4.78 is 14.0. The molecule has 19 heavy (non-hydrogen) atoms. The van der Waals surface area contributed by atoms with Crippen LogP contribution in [0.1, 0.15) is 25.8 Å². The number of nitrogens with zero attached hydrogens (tertiary/aromatic N) is 1. The fourth-order valence-electron chi connectivity index (χ4n) is 2.41. The summed E-state index contributed by atoms with van der Waals surface area (Å²) in [6, 6.07) is 5.31. The van der Waals surface area contributed by atoms with Gasteiger partial charge in [-0.15, -0.1) is 0 Å². The van der Waals surface area contributed by atoms with E-state index in [4.69, 9.17) is 5.73 Å². The predicted octanol–water partition coefficient (Wildman–Crippen LogP) is 3.05. The molecule has 2 nitrogen and oxygen atoms in total. The number of rotatable bonds is 3. The van der Waals surface area contributed by atoms with Crippen molar-refractivity contribution in [3.63, 3.8) is 0 Å². The molecule has 1 aliphatic rings. The number of benzene rings is 1. The van der Waals surface area contributed by atoms with Crippen molar-refractivity contribution in [2.45, 2.75) is 31.4 Å². The third kappa shape index (κ3) is 4.11. The van der Waals surface area contributed by atoms with Crippen molar-refractivity contribution >= 4 is 17.4 Å². The van der Waals surface area contributed by atoms with Crippen LogP contribution in [0.4, 0.5) is 10.1 Å². The van der Waals surface area contributed by atoms with Gasteiger partial charge in [0.05, 0.1) is 0 Å². The van der Waals surface area contributed by atoms with E-state index in [1.54, 1.807) is 12.1 Å². The van der Waals surface area contributed by atoms with Crippen LogP contribution in [0.3, 0.4) is 0 Å². The molecule has 106 valence electrons. The van der Waals surface area contributed by atoms with Crippen LogP contribution in [0.15, 0.2) is 18.2 Å². The van der Waals surface area contributed by atoms with Crippen LogP contribution in [0.25, 0.3) is 0 Å². The molecule has 0 bridgehead atoms. The van der Waals surface area contributed by atoms with Gasteiger partial charge < -0.3 is 10.6 Å². The standard InChI is InChI=1S/C15H23FN2S/c1-15(2)4-6-18(7-8-19-15)14-10-12(3-5-17)9-13(16)11-14/h9-11H,3-8,17H2,1-2H3. The van der Waals surface area contributed by atoms with Crippen molar-refractivity contribution in [2.75, 3.05) is 30.3 Å². The van der Waals surface area contributed by atoms with Gasteiger partial charge in [-0.25, -0.2) is 4.39 Å². The molecule has 4 heteroatoms. The largest absolute Gasteiger partial charge is 0.371 e.